The smallest absolute Gasteiger partial charge is 0.225 e. The Hall–Kier alpha value is -0.610. The first kappa shape index (κ1) is 15.8. The monoisotopic (exact) mass is 281 g/mol. The van der Waals surface area contributed by atoms with Gasteiger partial charge in [0.2, 0.25) is 5.91 Å². The lowest BCUT2D eigenvalue weighted by Gasteiger charge is -2.34. The van der Waals surface area contributed by atoms with E-state index >= 15 is 0 Å². The summed E-state index contributed by atoms with van der Waals surface area (Å²) in [7, 11) is 0. The van der Waals surface area contributed by atoms with Crippen molar-refractivity contribution in [2.45, 2.75) is 46.6 Å². The first-order chi connectivity index (χ1) is 9.47. The van der Waals surface area contributed by atoms with Crippen LogP contribution in [-0.2, 0) is 4.79 Å². The van der Waals surface area contributed by atoms with Crippen LogP contribution in [0.25, 0.3) is 0 Å². The normalized spacial score (nSPS) is 23.2. The van der Waals surface area contributed by atoms with Gasteiger partial charge in [0.15, 0.2) is 0 Å². The fraction of sp³-hybridized carbons (Fsp3) is 0.938. The molecular formula is C16H31N3O. The van der Waals surface area contributed by atoms with E-state index in [1.165, 1.54) is 32.5 Å². The van der Waals surface area contributed by atoms with Gasteiger partial charge in [-0.05, 0) is 32.6 Å². The molecule has 0 aliphatic carbocycles. The largest absolute Gasteiger partial charge is 0.342 e. The minimum absolute atomic E-state index is 0.143. The van der Waals surface area contributed by atoms with Crippen LogP contribution in [0.5, 0.6) is 0 Å². The minimum atomic E-state index is 0.143. The summed E-state index contributed by atoms with van der Waals surface area (Å²) in [5.74, 6) is 1.25. The van der Waals surface area contributed by atoms with Gasteiger partial charge in [-0.15, -0.1) is 0 Å². The van der Waals surface area contributed by atoms with Gasteiger partial charge in [0.25, 0.3) is 0 Å². The predicted octanol–water partition coefficient (Wildman–Crippen LogP) is 1.86. The van der Waals surface area contributed by atoms with Gasteiger partial charge in [-0.3, -0.25) is 14.6 Å². The third-order valence-electron chi connectivity index (χ3n) is 4.75. The number of carbonyl (C=O) groups is 1. The Bertz CT molecular complexity index is 322. The molecule has 2 rings (SSSR count). The number of amides is 1. The molecule has 1 amide bonds. The van der Waals surface area contributed by atoms with Gasteiger partial charge in [-0.1, -0.05) is 13.8 Å². The van der Waals surface area contributed by atoms with Gasteiger partial charge >= 0.3 is 0 Å². The van der Waals surface area contributed by atoms with E-state index in [0.29, 0.717) is 11.9 Å². The van der Waals surface area contributed by atoms with Gasteiger partial charge in [-0.25, -0.2) is 0 Å². The molecule has 4 heteroatoms. The zero-order valence-electron chi connectivity index (χ0n) is 13.6. The topological polar surface area (TPSA) is 26.8 Å². The highest BCUT2D eigenvalue weighted by Gasteiger charge is 2.28. The Morgan fingerprint density at radius 2 is 1.70 bits per heavy atom. The van der Waals surface area contributed by atoms with Crippen LogP contribution < -0.4 is 0 Å². The van der Waals surface area contributed by atoms with E-state index in [-0.39, 0.29) is 5.92 Å². The number of hydrogen-bond donors (Lipinski definition) is 0. The van der Waals surface area contributed by atoms with E-state index < -0.39 is 0 Å². The summed E-state index contributed by atoms with van der Waals surface area (Å²) in [4.78, 5) is 19.2. The molecule has 116 valence electrons. The van der Waals surface area contributed by atoms with Crippen molar-refractivity contribution in [2.75, 3.05) is 39.4 Å². The minimum Gasteiger partial charge on any atom is -0.342 e. The van der Waals surface area contributed by atoms with Crippen LogP contribution in [0.4, 0.5) is 0 Å². The first-order valence-corrected chi connectivity index (χ1v) is 8.22. The third-order valence-corrected chi connectivity index (χ3v) is 4.75. The maximum absolute atomic E-state index is 12.0. The van der Waals surface area contributed by atoms with Crippen LogP contribution in [0.3, 0.4) is 0 Å². The molecule has 2 heterocycles. The van der Waals surface area contributed by atoms with Crippen molar-refractivity contribution in [3.05, 3.63) is 0 Å². The number of piperidine rings is 1. The van der Waals surface area contributed by atoms with Crippen molar-refractivity contribution in [3.63, 3.8) is 0 Å². The highest BCUT2D eigenvalue weighted by Crippen LogP contribution is 2.21. The molecular weight excluding hydrogens is 250 g/mol. The summed E-state index contributed by atoms with van der Waals surface area (Å²) < 4.78 is 0. The molecule has 0 bridgehead atoms. The van der Waals surface area contributed by atoms with Crippen molar-refractivity contribution in [2.24, 2.45) is 11.8 Å². The second kappa shape index (κ2) is 6.90. The molecule has 0 N–H and O–H groups in total. The van der Waals surface area contributed by atoms with Gasteiger partial charge < -0.3 is 4.90 Å². The van der Waals surface area contributed by atoms with Crippen LogP contribution in [-0.4, -0.2) is 66.0 Å². The van der Waals surface area contributed by atoms with Crippen molar-refractivity contribution < 1.29 is 4.79 Å². The molecule has 0 atom stereocenters. The average molecular weight is 281 g/mol. The highest BCUT2D eigenvalue weighted by atomic mass is 16.2. The van der Waals surface area contributed by atoms with Crippen molar-refractivity contribution in [3.8, 4) is 0 Å². The molecule has 0 aromatic heterocycles. The van der Waals surface area contributed by atoms with E-state index in [2.05, 4.69) is 28.5 Å². The molecule has 0 saturated carbocycles. The Morgan fingerprint density at radius 1 is 1.05 bits per heavy atom. The van der Waals surface area contributed by atoms with Crippen LogP contribution in [0, 0.1) is 11.8 Å². The molecule has 2 saturated heterocycles. The van der Waals surface area contributed by atoms with E-state index in [4.69, 9.17) is 0 Å². The lowest BCUT2D eigenvalue weighted by Crippen LogP contribution is -2.43. The fourth-order valence-electron chi connectivity index (χ4n) is 3.30. The number of carbonyl (C=O) groups excluding carboxylic acids is 1. The van der Waals surface area contributed by atoms with Gasteiger partial charge in [0, 0.05) is 44.7 Å². The van der Waals surface area contributed by atoms with Crippen molar-refractivity contribution >= 4 is 5.91 Å². The third kappa shape index (κ3) is 3.95. The zero-order valence-corrected chi connectivity index (χ0v) is 13.6. The molecule has 2 aliphatic heterocycles. The summed E-state index contributed by atoms with van der Waals surface area (Å²) in [6.45, 7) is 15.2. The molecule has 4 nitrogen and oxygen atoms in total. The maximum atomic E-state index is 12.0. The zero-order chi connectivity index (χ0) is 14.7. The summed E-state index contributed by atoms with van der Waals surface area (Å²) in [6.07, 6.45) is 2.35. The predicted molar refractivity (Wildman–Crippen MR) is 82.4 cm³/mol. The summed E-state index contributed by atoms with van der Waals surface area (Å²) in [5, 5.41) is 0. The lowest BCUT2D eigenvalue weighted by atomic mass is 9.95. The lowest BCUT2D eigenvalue weighted by molar-refractivity contribution is -0.135. The quantitative estimate of drug-likeness (QED) is 0.787. The summed E-state index contributed by atoms with van der Waals surface area (Å²) in [6, 6.07) is 0.658. The van der Waals surface area contributed by atoms with Crippen LogP contribution in [0.15, 0.2) is 0 Å². The molecule has 0 aromatic carbocycles. The number of nitrogens with zero attached hydrogens (tertiary/aromatic N) is 3. The Labute approximate surface area is 124 Å². The Balaban J connectivity index is 1.71. The summed E-state index contributed by atoms with van der Waals surface area (Å²) in [5.41, 5.74) is 0. The molecule has 2 aliphatic rings. The van der Waals surface area contributed by atoms with E-state index in [0.717, 1.165) is 25.7 Å². The van der Waals surface area contributed by atoms with Gasteiger partial charge in [0.1, 0.15) is 0 Å². The molecule has 2 fully saturated rings. The second-order valence-electron chi connectivity index (χ2n) is 7.05. The average Bonchev–Trinajstić information content (AvgIpc) is 2.87. The van der Waals surface area contributed by atoms with Crippen molar-refractivity contribution in [1.82, 2.24) is 14.7 Å². The number of rotatable bonds is 4. The number of hydrogen-bond acceptors (Lipinski definition) is 3. The second-order valence-corrected chi connectivity index (χ2v) is 7.05. The van der Waals surface area contributed by atoms with E-state index in [1.54, 1.807) is 0 Å². The van der Waals surface area contributed by atoms with Crippen LogP contribution >= 0.6 is 0 Å². The fourth-order valence-corrected chi connectivity index (χ4v) is 3.30. The Kier molecular flexibility index (Phi) is 5.44. The SMILES string of the molecule is CC(C)C(=O)N1CCC(CN2CCN(C(C)C)C2)CC1. The van der Waals surface area contributed by atoms with Gasteiger partial charge in [0.05, 0.1) is 6.67 Å². The summed E-state index contributed by atoms with van der Waals surface area (Å²) >= 11 is 0. The van der Waals surface area contributed by atoms with Crippen LogP contribution in [0.1, 0.15) is 40.5 Å². The molecule has 0 radical (unpaired) electrons. The van der Waals surface area contributed by atoms with E-state index in [1.807, 2.05) is 13.8 Å². The van der Waals surface area contributed by atoms with E-state index in [9.17, 15) is 4.79 Å². The maximum Gasteiger partial charge on any atom is 0.225 e. The molecule has 0 aromatic rings. The van der Waals surface area contributed by atoms with Crippen molar-refractivity contribution in [1.29, 1.82) is 0 Å². The Morgan fingerprint density at radius 3 is 2.20 bits per heavy atom. The standard InChI is InChI=1S/C16H31N3O/c1-13(2)16(20)18-7-5-15(6-8-18)11-17-9-10-19(12-17)14(3)4/h13-15H,5-12H2,1-4H3. The van der Waals surface area contributed by atoms with Crippen LogP contribution in [0.2, 0.25) is 0 Å². The van der Waals surface area contributed by atoms with Gasteiger partial charge in [-0.2, -0.15) is 0 Å². The first-order valence-electron chi connectivity index (χ1n) is 8.22. The number of likely N-dealkylation sites (tertiary alicyclic amines) is 1. The highest BCUT2D eigenvalue weighted by molar-refractivity contribution is 5.78. The molecule has 0 unspecified atom stereocenters. The molecule has 20 heavy (non-hydrogen) atoms. The molecule has 0 spiro atoms.